The van der Waals surface area contributed by atoms with E-state index < -0.39 is 0 Å². The first-order valence-electron chi connectivity index (χ1n) is 6.51. The van der Waals surface area contributed by atoms with E-state index in [1.807, 2.05) is 16.3 Å². The minimum absolute atomic E-state index is 0.0396. The van der Waals surface area contributed by atoms with Crippen LogP contribution in [0.3, 0.4) is 0 Å². The van der Waals surface area contributed by atoms with Gasteiger partial charge in [0, 0.05) is 10.9 Å². The van der Waals surface area contributed by atoms with Gasteiger partial charge in [-0.15, -0.1) is 11.3 Å². The van der Waals surface area contributed by atoms with Gasteiger partial charge in [0.1, 0.15) is 6.17 Å². The van der Waals surface area contributed by atoms with Crippen LogP contribution in [-0.4, -0.2) is 34.6 Å². The number of rotatable bonds is 2. The topological polar surface area (TPSA) is 52.6 Å². The summed E-state index contributed by atoms with van der Waals surface area (Å²) in [5, 5.41) is 14.9. The molecule has 0 radical (unpaired) electrons. The molecule has 1 aliphatic heterocycles. The summed E-state index contributed by atoms with van der Waals surface area (Å²) in [5.74, 6) is 0.190. The lowest BCUT2D eigenvalue weighted by Gasteiger charge is -2.36. The van der Waals surface area contributed by atoms with Crippen molar-refractivity contribution in [1.82, 2.24) is 10.2 Å². The molecule has 2 fully saturated rings. The maximum Gasteiger partial charge on any atom is 0.238 e. The molecule has 3 rings (SSSR count). The van der Waals surface area contributed by atoms with E-state index in [-0.39, 0.29) is 24.2 Å². The Kier molecular flexibility index (Phi) is 3.37. The highest BCUT2D eigenvalue weighted by Gasteiger charge is 2.38. The zero-order chi connectivity index (χ0) is 12.5. The fraction of sp³-hybridized carbons (Fsp3) is 0.615. The predicted molar refractivity (Wildman–Crippen MR) is 70.2 cm³/mol. The number of amides is 1. The third-order valence-corrected chi connectivity index (χ3v) is 4.81. The van der Waals surface area contributed by atoms with E-state index in [1.165, 1.54) is 4.88 Å². The van der Waals surface area contributed by atoms with Crippen LogP contribution in [0.1, 0.15) is 36.7 Å². The lowest BCUT2D eigenvalue weighted by Crippen LogP contribution is -2.42. The first kappa shape index (κ1) is 12.1. The van der Waals surface area contributed by atoms with Crippen molar-refractivity contribution in [2.75, 3.05) is 6.54 Å². The van der Waals surface area contributed by atoms with Gasteiger partial charge in [0.05, 0.1) is 12.6 Å². The number of carbonyl (C=O) groups is 1. The van der Waals surface area contributed by atoms with Crippen LogP contribution in [0.15, 0.2) is 17.5 Å². The van der Waals surface area contributed by atoms with Gasteiger partial charge in [-0.1, -0.05) is 6.07 Å². The molecule has 18 heavy (non-hydrogen) atoms. The highest BCUT2D eigenvalue weighted by atomic mass is 32.1. The molecule has 1 atom stereocenters. The van der Waals surface area contributed by atoms with Crippen LogP contribution in [0.25, 0.3) is 0 Å². The zero-order valence-corrected chi connectivity index (χ0v) is 11.0. The summed E-state index contributed by atoms with van der Waals surface area (Å²) in [7, 11) is 0. The second-order valence-electron chi connectivity index (χ2n) is 5.06. The van der Waals surface area contributed by atoms with Crippen molar-refractivity contribution in [3.63, 3.8) is 0 Å². The lowest BCUT2D eigenvalue weighted by molar-refractivity contribution is -0.131. The van der Waals surface area contributed by atoms with E-state index in [1.54, 1.807) is 11.3 Å². The van der Waals surface area contributed by atoms with Gasteiger partial charge in [-0.05, 0) is 37.1 Å². The van der Waals surface area contributed by atoms with Gasteiger partial charge in [-0.3, -0.25) is 10.1 Å². The molecule has 4 nitrogen and oxygen atoms in total. The van der Waals surface area contributed by atoms with E-state index in [9.17, 15) is 9.90 Å². The Labute approximate surface area is 111 Å². The molecule has 1 unspecified atom stereocenters. The minimum atomic E-state index is -0.174. The summed E-state index contributed by atoms with van der Waals surface area (Å²) >= 11 is 1.68. The largest absolute Gasteiger partial charge is 0.393 e. The number of thiophene rings is 1. The Hall–Kier alpha value is -0.910. The molecule has 1 aromatic rings. The van der Waals surface area contributed by atoms with Crippen LogP contribution >= 0.6 is 11.3 Å². The number of aliphatic hydroxyl groups is 1. The normalized spacial score (nSPS) is 33.1. The summed E-state index contributed by atoms with van der Waals surface area (Å²) in [5.41, 5.74) is 0. The maximum atomic E-state index is 12.1. The minimum Gasteiger partial charge on any atom is -0.393 e. The van der Waals surface area contributed by atoms with Gasteiger partial charge >= 0.3 is 0 Å². The summed E-state index contributed by atoms with van der Waals surface area (Å²) in [6.45, 7) is 0.432. The van der Waals surface area contributed by atoms with Crippen LogP contribution in [0.2, 0.25) is 0 Å². The van der Waals surface area contributed by atoms with Gasteiger partial charge in [-0.25, -0.2) is 0 Å². The summed E-state index contributed by atoms with van der Waals surface area (Å²) in [4.78, 5) is 15.3. The van der Waals surface area contributed by atoms with Crippen molar-refractivity contribution in [3.8, 4) is 0 Å². The molecule has 1 amide bonds. The van der Waals surface area contributed by atoms with Gasteiger partial charge in [0.2, 0.25) is 5.91 Å². The average molecular weight is 266 g/mol. The molecule has 5 heteroatoms. The van der Waals surface area contributed by atoms with Crippen LogP contribution in [0.5, 0.6) is 0 Å². The summed E-state index contributed by atoms with van der Waals surface area (Å²) < 4.78 is 0. The lowest BCUT2D eigenvalue weighted by atomic mass is 9.92. The fourth-order valence-corrected chi connectivity index (χ4v) is 3.75. The Bertz CT molecular complexity index is 413. The van der Waals surface area contributed by atoms with E-state index in [0.29, 0.717) is 6.54 Å². The first-order valence-corrected chi connectivity index (χ1v) is 7.39. The molecular weight excluding hydrogens is 248 g/mol. The van der Waals surface area contributed by atoms with E-state index in [4.69, 9.17) is 0 Å². The molecule has 98 valence electrons. The van der Waals surface area contributed by atoms with Gasteiger partial charge in [0.15, 0.2) is 0 Å². The molecule has 1 saturated carbocycles. The zero-order valence-electron chi connectivity index (χ0n) is 10.2. The SMILES string of the molecule is O=C1CNC(c2cccs2)N1C1CCC(O)CC1. The van der Waals surface area contributed by atoms with Crippen molar-refractivity contribution >= 4 is 17.2 Å². The number of nitrogens with zero attached hydrogens (tertiary/aromatic N) is 1. The molecule has 0 spiro atoms. The molecule has 1 saturated heterocycles. The second-order valence-corrected chi connectivity index (χ2v) is 6.04. The third kappa shape index (κ3) is 2.18. The Balaban J connectivity index is 1.77. The molecule has 2 heterocycles. The Morgan fingerprint density at radius 1 is 1.33 bits per heavy atom. The standard InChI is InChI=1S/C13H18N2O2S/c16-10-5-3-9(4-6-10)15-12(17)8-14-13(15)11-2-1-7-18-11/h1-2,7,9-10,13-14,16H,3-6,8H2. The fourth-order valence-electron chi connectivity index (χ4n) is 2.95. The van der Waals surface area contributed by atoms with Crippen LogP contribution in [0, 0.1) is 0 Å². The molecular formula is C13H18N2O2S. The monoisotopic (exact) mass is 266 g/mol. The number of aliphatic hydroxyl groups excluding tert-OH is 1. The van der Waals surface area contributed by atoms with Crippen molar-refractivity contribution in [2.24, 2.45) is 0 Å². The van der Waals surface area contributed by atoms with Gasteiger partial charge in [0.25, 0.3) is 0 Å². The number of hydrogen-bond acceptors (Lipinski definition) is 4. The Morgan fingerprint density at radius 3 is 2.78 bits per heavy atom. The van der Waals surface area contributed by atoms with Crippen LogP contribution < -0.4 is 5.32 Å². The van der Waals surface area contributed by atoms with Crippen molar-refractivity contribution < 1.29 is 9.90 Å². The maximum absolute atomic E-state index is 12.1. The van der Waals surface area contributed by atoms with Crippen LogP contribution in [-0.2, 0) is 4.79 Å². The highest BCUT2D eigenvalue weighted by Crippen LogP contribution is 2.33. The van der Waals surface area contributed by atoms with E-state index in [2.05, 4.69) is 11.4 Å². The van der Waals surface area contributed by atoms with Crippen molar-refractivity contribution in [3.05, 3.63) is 22.4 Å². The molecule has 0 aromatic carbocycles. The molecule has 0 bridgehead atoms. The van der Waals surface area contributed by atoms with Gasteiger partial charge in [-0.2, -0.15) is 0 Å². The molecule has 2 aliphatic rings. The number of nitrogens with one attached hydrogen (secondary N) is 1. The average Bonchev–Trinajstić information content (AvgIpc) is 2.99. The predicted octanol–water partition coefficient (Wildman–Crippen LogP) is 1.48. The Morgan fingerprint density at radius 2 is 2.11 bits per heavy atom. The highest BCUT2D eigenvalue weighted by molar-refractivity contribution is 7.10. The van der Waals surface area contributed by atoms with Crippen molar-refractivity contribution in [2.45, 2.75) is 44.0 Å². The van der Waals surface area contributed by atoms with Gasteiger partial charge < -0.3 is 10.0 Å². The smallest absolute Gasteiger partial charge is 0.238 e. The number of carbonyl (C=O) groups excluding carboxylic acids is 1. The van der Waals surface area contributed by atoms with Crippen LogP contribution in [0.4, 0.5) is 0 Å². The quantitative estimate of drug-likeness (QED) is 0.852. The van der Waals surface area contributed by atoms with Crippen molar-refractivity contribution in [1.29, 1.82) is 0 Å². The molecule has 1 aliphatic carbocycles. The second kappa shape index (κ2) is 4.99. The molecule has 1 aromatic heterocycles. The third-order valence-electron chi connectivity index (χ3n) is 3.89. The van der Waals surface area contributed by atoms with E-state index >= 15 is 0 Å². The van der Waals surface area contributed by atoms with E-state index in [0.717, 1.165) is 25.7 Å². The molecule has 2 N–H and O–H groups in total. The summed E-state index contributed by atoms with van der Waals surface area (Å²) in [6, 6.07) is 4.38. The summed E-state index contributed by atoms with van der Waals surface area (Å²) in [6.07, 6.45) is 3.31. The first-order chi connectivity index (χ1) is 8.75. The number of hydrogen-bond donors (Lipinski definition) is 2.